The average molecular weight is 353 g/mol. The molecule has 0 aliphatic rings. The Morgan fingerprint density at radius 2 is 1.88 bits per heavy atom. The highest BCUT2D eigenvalue weighted by Crippen LogP contribution is 2.24. The number of halogens is 1. The molecule has 1 N–H and O–H groups in total. The molecule has 1 aromatic carbocycles. The van der Waals surface area contributed by atoms with Crippen molar-refractivity contribution in [2.75, 3.05) is 6.61 Å². The van der Waals surface area contributed by atoms with Crippen LogP contribution in [0, 0.1) is 5.82 Å². The Morgan fingerprint density at radius 3 is 2.58 bits per heavy atom. The van der Waals surface area contributed by atoms with Gasteiger partial charge in [0, 0.05) is 11.8 Å². The summed E-state index contributed by atoms with van der Waals surface area (Å²) in [6.45, 7) is 3.32. The van der Waals surface area contributed by atoms with Gasteiger partial charge in [-0.25, -0.2) is 8.91 Å². The molecule has 0 bridgehead atoms. The van der Waals surface area contributed by atoms with E-state index in [1.807, 2.05) is 0 Å². The van der Waals surface area contributed by atoms with Gasteiger partial charge in [-0.2, -0.15) is 5.10 Å². The van der Waals surface area contributed by atoms with Gasteiger partial charge in [-0.1, -0.05) is 12.1 Å². The fraction of sp³-hybridized carbons (Fsp3) is 0.222. The molecule has 0 atom stereocenters. The first-order valence-electron chi connectivity index (χ1n) is 8.05. The third-order valence-corrected chi connectivity index (χ3v) is 4.46. The van der Waals surface area contributed by atoms with Crippen molar-refractivity contribution < 1.29 is 9.50 Å². The van der Waals surface area contributed by atoms with E-state index in [2.05, 4.69) is 15.3 Å². The minimum Gasteiger partial charge on any atom is -0.394 e. The molecule has 0 fully saturated rings. The third-order valence-electron chi connectivity index (χ3n) is 4.46. The first-order valence-corrected chi connectivity index (χ1v) is 8.05. The lowest BCUT2D eigenvalue weighted by Gasteiger charge is -2.24. The van der Waals surface area contributed by atoms with Gasteiger partial charge in [0.25, 0.3) is 5.56 Å². The quantitative estimate of drug-likeness (QED) is 0.609. The molecule has 3 aromatic heterocycles. The van der Waals surface area contributed by atoms with Gasteiger partial charge in [0.15, 0.2) is 11.2 Å². The van der Waals surface area contributed by atoms with Crippen LogP contribution in [0.2, 0.25) is 0 Å². The minimum atomic E-state index is -0.759. The molecule has 8 heteroatoms. The Bertz CT molecular complexity index is 1180. The molecule has 4 aromatic rings. The molecule has 132 valence electrons. The van der Waals surface area contributed by atoms with Crippen LogP contribution in [-0.2, 0) is 5.54 Å². The summed E-state index contributed by atoms with van der Waals surface area (Å²) in [5.41, 5.74) is 1.49. The van der Waals surface area contributed by atoms with E-state index in [0.29, 0.717) is 16.7 Å². The van der Waals surface area contributed by atoms with Crippen molar-refractivity contribution in [1.29, 1.82) is 0 Å². The SMILES string of the molecule is CC(C)(CO)n1ccc2c(nnc3c(-c4ccc(F)cc4)cnn32)c1=O. The van der Waals surface area contributed by atoms with Crippen LogP contribution in [0.3, 0.4) is 0 Å². The molecule has 0 saturated heterocycles. The molecule has 0 saturated carbocycles. The summed E-state index contributed by atoms with van der Waals surface area (Å²) in [4.78, 5) is 12.8. The van der Waals surface area contributed by atoms with Crippen LogP contribution in [0.1, 0.15) is 13.8 Å². The van der Waals surface area contributed by atoms with Crippen molar-refractivity contribution in [2.24, 2.45) is 0 Å². The van der Waals surface area contributed by atoms with E-state index in [9.17, 15) is 14.3 Å². The van der Waals surface area contributed by atoms with Crippen LogP contribution >= 0.6 is 0 Å². The summed E-state index contributed by atoms with van der Waals surface area (Å²) in [6.07, 6.45) is 3.22. The van der Waals surface area contributed by atoms with Crippen LogP contribution in [0.4, 0.5) is 4.39 Å². The molecule has 0 aliphatic heterocycles. The maximum Gasteiger partial charge on any atom is 0.281 e. The molecule has 0 spiro atoms. The van der Waals surface area contributed by atoms with Crippen molar-refractivity contribution in [3.8, 4) is 11.1 Å². The van der Waals surface area contributed by atoms with Crippen molar-refractivity contribution in [1.82, 2.24) is 24.4 Å². The maximum absolute atomic E-state index is 13.2. The smallest absolute Gasteiger partial charge is 0.281 e. The zero-order valence-corrected chi connectivity index (χ0v) is 14.2. The number of rotatable bonds is 3. The van der Waals surface area contributed by atoms with Crippen molar-refractivity contribution in [3.63, 3.8) is 0 Å². The third kappa shape index (κ3) is 2.38. The predicted octanol–water partition coefficient (Wildman–Crippen LogP) is 1.97. The summed E-state index contributed by atoms with van der Waals surface area (Å²) in [6, 6.07) is 7.73. The first-order chi connectivity index (χ1) is 12.4. The minimum absolute atomic E-state index is 0.162. The molecule has 3 heterocycles. The van der Waals surface area contributed by atoms with E-state index in [0.717, 1.165) is 5.56 Å². The molecule has 0 radical (unpaired) electrons. The average Bonchev–Trinajstić information content (AvgIpc) is 3.07. The second-order valence-electron chi connectivity index (χ2n) is 6.70. The van der Waals surface area contributed by atoms with E-state index in [1.54, 1.807) is 49.0 Å². The Balaban J connectivity index is 1.96. The number of fused-ring (bicyclic) bond motifs is 3. The lowest BCUT2D eigenvalue weighted by atomic mass is 10.1. The second-order valence-corrected chi connectivity index (χ2v) is 6.70. The summed E-state index contributed by atoms with van der Waals surface area (Å²) < 4.78 is 16.1. The largest absolute Gasteiger partial charge is 0.394 e. The van der Waals surface area contributed by atoms with Crippen molar-refractivity contribution in [2.45, 2.75) is 19.4 Å². The van der Waals surface area contributed by atoms with Gasteiger partial charge >= 0.3 is 0 Å². The Kier molecular flexibility index (Phi) is 3.58. The summed E-state index contributed by atoms with van der Waals surface area (Å²) >= 11 is 0. The highest BCUT2D eigenvalue weighted by Gasteiger charge is 2.22. The van der Waals surface area contributed by atoms with Crippen LogP contribution < -0.4 is 5.56 Å². The second kappa shape index (κ2) is 5.70. The number of aliphatic hydroxyl groups is 1. The molecule has 4 rings (SSSR count). The highest BCUT2D eigenvalue weighted by atomic mass is 19.1. The number of nitrogens with zero attached hydrogens (tertiary/aromatic N) is 5. The predicted molar refractivity (Wildman–Crippen MR) is 94.3 cm³/mol. The van der Waals surface area contributed by atoms with Gasteiger partial charge in [0.2, 0.25) is 0 Å². The van der Waals surface area contributed by atoms with Crippen molar-refractivity contribution >= 4 is 16.7 Å². The number of pyridine rings is 1. The Morgan fingerprint density at radius 1 is 1.15 bits per heavy atom. The van der Waals surface area contributed by atoms with Gasteiger partial charge in [-0.3, -0.25) is 4.79 Å². The van der Waals surface area contributed by atoms with Crippen LogP contribution in [0.5, 0.6) is 0 Å². The molecular formula is C18H16FN5O2. The van der Waals surface area contributed by atoms with E-state index < -0.39 is 5.54 Å². The normalized spacial score (nSPS) is 12.2. The van der Waals surface area contributed by atoms with E-state index in [1.165, 1.54) is 16.7 Å². The standard InChI is InChI=1S/C18H16FN5O2/c1-18(2,10-25)23-8-7-14-15(17(23)26)21-22-16-13(9-20-24(14)16)11-3-5-12(19)6-4-11/h3-9,25H,10H2,1-2H3. The molecule has 26 heavy (non-hydrogen) atoms. The van der Waals surface area contributed by atoms with Gasteiger partial charge < -0.3 is 9.67 Å². The molecule has 0 amide bonds. The van der Waals surface area contributed by atoms with E-state index >= 15 is 0 Å². The number of benzene rings is 1. The van der Waals surface area contributed by atoms with Gasteiger partial charge in [-0.15, -0.1) is 10.2 Å². The number of aromatic nitrogens is 5. The number of hydrogen-bond acceptors (Lipinski definition) is 5. The maximum atomic E-state index is 13.2. The van der Waals surface area contributed by atoms with Crippen LogP contribution in [0.15, 0.2) is 47.5 Å². The Labute approximate surface area is 147 Å². The van der Waals surface area contributed by atoms with E-state index in [4.69, 9.17) is 0 Å². The molecule has 7 nitrogen and oxygen atoms in total. The van der Waals surface area contributed by atoms with Crippen molar-refractivity contribution in [3.05, 3.63) is 58.9 Å². The highest BCUT2D eigenvalue weighted by molar-refractivity contribution is 5.82. The first kappa shape index (κ1) is 16.3. The Hall–Kier alpha value is -3.13. The topological polar surface area (TPSA) is 85.3 Å². The molecule has 0 aliphatic carbocycles. The van der Waals surface area contributed by atoms with Gasteiger partial charge in [-0.05, 0) is 37.6 Å². The monoisotopic (exact) mass is 353 g/mol. The summed E-state index contributed by atoms with van der Waals surface area (Å²) in [5, 5.41) is 22.1. The van der Waals surface area contributed by atoms with Crippen LogP contribution in [0.25, 0.3) is 27.8 Å². The lowest BCUT2D eigenvalue weighted by Crippen LogP contribution is -2.39. The zero-order chi connectivity index (χ0) is 18.5. The fourth-order valence-corrected chi connectivity index (χ4v) is 2.88. The molecule has 0 unspecified atom stereocenters. The summed E-state index contributed by atoms with van der Waals surface area (Å²) in [5.74, 6) is -0.325. The number of aliphatic hydroxyl groups excluding tert-OH is 1. The fourth-order valence-electron chi connectivity index (χ4n) is 2.88. The lowest BCUT2D eigenvalue weighted by molar-refractivity contribution is 0.161. The van der Waals surface area contributed by atoms with Gasteiger partial charge in [0.05, 0.1) is 18.3 Å². The zero-order valence-electron chi connectivity index (χ0n) is 14.2. The van der Waals surface area contributed by atoms with Crippen LogP contribution in [-0.4, -0.2) is 36.1 Å². The number of hydrogen-bond donors (Lipinski definition) is 1. The molecular weight excluding hydrogens is 337 g/mol. The van der Waals surface area contributed by atoms with Gasteiger partial charge in [0.1, 0.15) is 11.3 Å². The summed E-state index contributed by atoms with van der Waals surface area (Å²) in [7, 11) is 0. The van der Waals surface area contributed by atoms with E-state index in [-0.39, 0.29) is 23.5 Å².